The van der Waals surface area contributed by atoms with Gasteiger partial charge in [0.25, 0.3) is 0 Å². The lowest BCUT2D eigenvalue weighted by Crippen LogP contribution is -2.45. The van der Waals surface area contributed by atoms with Crippen LogP contribution in [0.3, 0.4) is 0 Å². The first-order valence-corrected chi connectivity index (χ1v) is 6.71. The first kappa shape index (κ1) is 12.3. The van der Waals surface area contributed by atoms with Crippen molar-refractivity contribution in [3.8, 4) is 0 Å². The van der Waals surface area contributed by atoms with Gasteiger partial charge in [0.05, 0.1) is 6.61 Å². The number of rotatable bonds is 6. The second-order valence-corrected chi connectivity index (χ2v) is 5.58. The molecule has 0 radical (unpaired) electrons. The fourth-order valence-electron chi connectivity index (χ4n) is 2.39. The Kier molecular flexibility index (Phi) is 4.22. The lowest BCUT2D eigenvalue weighted by molar-refractivity contribution is 0.115. The van der Waals surface area contributed by atoms with Crippen molar-refractivity contribution in [2.75, 3.05) is 26.8 Å². The van der Waals surface area contributed by atoms with Gasteiger partial charge in [0.1, 0.15) is 0 Å². The predicted octanol–water partition coefficient (Wildman–Crippen LogP) is 1.48. The summed E-state index contributed by atoms with van der Waals surface area (Å²) in [5.74, 6) is 0.714. The van der Waals surface area contributed by atoms with E-state index < -0.39 is 0 Å². The molecule has 1 saturated heterocycles. The van der Waals surface area contributed by atoms with Crippen molar-refractivity contribution in [3.63, 3.8) is 0 Å². The first-order chi connectivity index (χ1) is 7.68. The smallest absolute Gasteiger partial charge is 0.0622 e. The molecule has 2 fully saturated rings. The molecule has 0 amide bonds. The highest BCUT2D eigenvalue weighted by Gasteiger charge is 2.28. The van der Waals surface area contributed by atoms with E-state index >= 15 is 0 Å². The van der Waals surface area contributed by atoms with E-state index in [1.165, 1.54) is 19.3 Å². The molecule has 1 saturated carbocycles. The number of nitrogens with zero attached hydrogens (tertiary/aromatic N) is 1. The quantitative estimate of drug-likeness (QED) is 0.742. The lowest BCUT2D eigenvalue weighted by Gasteiger charge is -2.34. The molecule has 94 valence electrons. The molecule has 0 bridgehead atoms. The molecule has 0 aromatic carbocycles. The third kappa shape index (κ3) is 3.19. The minimum absolute atomic E-state index is 0.637. The van der Waals surface area contributed by atoms with Crippen LogP contribution in [0.2, 0.25) is 0 Å². The number of hydrogen-bond acceptors (Lipinski definition) is 3. The Morgan fingerprint density at radius 3 is 2.62 bits per heavy atom. The molecular weight excluding hydrogens is 200 g/mol. The van der Waals surface area contributed by atoms with E-state index in [9.17, 15) is 0 Å². The number of likely N-dealkylation sites (N-methyl/N-ethyl adjacent to an activating group) is 1. The minimum atomic E-state index is 0.637. The van der Waals surface area contributed by atoms with Crippen molar-refractivity contribution in [3.05, 3.63) is 0 Å². The molecule has 0 aromatic heterocycles. The van der Waals surface area contributed by atoms with Crippen LogP contribution in [0, 0.1) is 5.92 Å². The van der Waals surface area contributed by atoms with E-state index in [1.807, 2.05) is 0 Å². The molecule has 1 aliphatic heterocycles. The second-order valence-electron chi connectivity index (χ2n) is 5.58. The van der Waals surface area contributed by atoms with Gasteiger partial charge >= 0.3 is 0 Å². The number of hydrogen-bond donors (Lipinski definition) is 1. The molecule has 16 heavy (non-hydrogen) atoms. The summed E-state index contributed by atoms with van der Waals surface area (Å²) in [7, 11) is 2.25. The van der Waals surface area contributed by atoms with E-state index in [0.717, 1.165) is 25.8 Å². The maximum Gasteiger partial charge on any atom is 0.0622 e. The van der Waals surface area contributed by atoms with Crippen LogP contribution in [0.25, 0.3) is 0 Å². The summed E-state index contributed by atoms with van der Waals surface area (Å²) in [5.41, 5.74) is 0. The van der Waals surface area contributed by atoms with Crippen LogP contribution >= 0.6 is 0 Å². The first-order valence-electron chi connectivity index (χ1n) is 6.71. The molecule has 0 aromatic rings. The van der Waals surface area contributed by atoms with Gasteiger partial charge in [0.15, 0.2) is 0 Å². The monoisotopic (exact) mass is 226 g/mol. The Balaban J connectivity index is 1.72. The summed E-state index contributed by atoms with van der Waals surface area (Å²) in [4.78, 5) is 2.51. The Morgan fingerprint density at radius 1 is 1.31 bits per heavy atom. The van der Waals surface area contributed by atoms with Crippen molar-refractivity contribution in [2.24, 2.45) is 5.92 Å². The average Bonchev–Trinajstić information content (AvgIpc) is 2.96. The Labute approximate surface area is 99.5 Å². The van der Waals surface area contributed by atoms with Gasteiger partial charge in [-0.25, -0.2) is 0 Å². The van der Waals surface area contributed by atoms with E-state index in [4.69, 9.17) is 4.74 Å². The van der Waals surface area contributed by atoms with Crippen molar-refractivity contribution in [1.29, 1.82) is 0 Å². The van der Waals surface area contributed by atoms with Gasteiger partial charge < -0.3 is 10.1 Å². The molecule has 3 nitrogen and oxygen atoms in total. The molecule has 2 aliphatic rings. The van der Waals surface area contributed by atoms with Gasteiger partial charge in [0.2, 0.25) is 0 Å². The van der Waals surface area contributed by atoms with Crippen molar-refractivity contribution in [2.45, 2.75) is 51.2 Å². The summed E-state index contributed by atoms with van der Waals surface area (Å²) in [5, 5.41) is 3.62. The van der Waals surface area contributed by atoms with E-state index in [-0.39, 0.29) is 0 Å². The zero-order valence-electron chi connectivity index (χ0n) is 10.9. The fraction of sp³-hybridized carbons (Fsp3) is 1.00. The van der Waals surface area contributed by atoms with Gasteiger partial charge in [-0.2, -0.15) is 0 Å². The largest absolute Gasteiger partial charge is 0.380 e. The van der Waals surface area contributed by atoms with E-state index in [1.54, 1.807) is 0 Å². The summed E-state index contributed by atoms with van der Waals surface area (Å²) in [6, 6.07) is 2.10. The molecule has 3 atom stereocenters. The summed E-state index contributed by atoms with van der Waals surface area (Å²) in [6.07, 6.45) is 3.96. The van der Waals surface area contributed by atoms with Gasteiger partial charge in [-0.1, -0.05) is 6.92 Å². The molecule has 1 heterocycles. The van der Waals surface area contributed by atoms with Crippen LogP contribution in [0.1, 0.15) is 33.1 Å². The maximum atomic E-state index is 5.46. The normalized spacial score (nSPS) is 29.6. The zero-order chi connectivity index (χ0) is 11.5. The van der Waals surface area contributed by atoms with Crippen LogP contribution in [0.4, 0.5) is 0 Å². The molecule has 0 spiro atoms. The number of nitrogens with one attached hydrogen (secondary N) is 1. The summed E-state index contributed by atoms with van der Waals surface area (Å²) in [6.45, 7) is 7.72. The third-order valence-corrected chi connectivity index (χ3v) is 4.25. The third-order valence-electron chi connectivity index (χ3n) is 4.25. The SMILES string of the molecule is CC(CNC1CC1)C(C)N(C)C1CCOC1. The molecule has 1 aliphatic carbocycles. The van der Waals surface area contributed by atoms with E-state index in [2.05, 4.69) is 31.1 Å². The maximum absolute atomic E-state index is 5.46. The minimum Gasteiger partial charge on any atom is -0.380 e. The van der Waals surface area contributed by atoms with Crippen LogP contribution in [-0.4, -0.2) is 49.8 Å². The van der Waals surface area contributed by atoms with Crippen LogP contribution in [0.5, 0.6) is 0 Å². The van der Waals surface area contributed by atoms with Crippen LogP contribution < -0.4 is 5.32 Å². The van der Waals surface area contributed by atoms with E-state index in [0.29, 0.717) is 18.0 Å². The molecular formula is C13H26N2O. The Morgan fingerprint density at radius 2 is 2.06 bits per heavy atom. The molecule has 3 heteroatoms. The highest BCUT2D eigenvalue weighted by atomic mass is 16.5. The van der Waals surface area contributed by atoms with Crippen LogP contribution in [-0.2, 0) is 4.74 Å². The van der Waals surface area contributed by atoms with Crippen molar-refractivity contribution in [1.82, 2.24) is 10.2 Å². The highest BCUT2D eigenvalue weighted by Crippen LogP contribution is 2.21. The van der Waals surface area contributed by atoms with Gasteiger partial charge in [0, 0.05) is 24.7 Å². The second kappa shape index (κ2) is 5.48. The average molecular weight is 226 g/mol. The summed E-state index contributed by atoms with van der Waals surface area (Å²) < 4.78 is 5.46. The molecule has 3 unspecified atom stereocenters. The van der Waals surface area contributed by atoms with Gasteiger partial charge in [-0.05, 0) is 45.7 Å². The number of ether oxygens (including phenoxy) is 1. The predicted molar refractivity (Wildman–Crippen MR) is 66.6 cm³/mol. The molecule has 2 rings (SSSR count). The zero-order valence-corrected chi connectivity index (χ0v) is 10.9. The van der Waals surface area contributed by atoms with Crippen molar-refractivity contribution < 1.29 is 4.74 Å². The lowest BCUT2D eigenvalue weighted by atomic mass is 10.0. The Bertz CT molecular complexity index is 212. The van der Waals surface area contributed by atoms with Crippen molar-refractivity contribution >= 4 is 0 Å². The topological polar surface area (TPSA) is 24.5 Å². The van der Waals surface area contributed by atoms with Gasteiger partial charge in [-0.3, -0.25) is 4.90 Å². The standard InChI is InChI=1S/C13H26N2O/c1-10(8-14-12-4-5-12)11(2)15(3)13-6-7-16-9-13/h10-14H,4-9H2,1-3H3. The summed E-state index contributed by atoms with van der Waals surface area (Å²) >= 11 is 0. The molecule has 1 N–H and O–H groups in total. The Hall–Kier alpha value is -0.120. The van der Waals surface area contributed by atoms with Gasteiger partial charge in [-0.15, -0.1) is 0 Å². The highest BCUT2D eigenvalue weighted by molar-refractivity contribution is 4.85. The fourth-order valence-corrected chi connectivity index (χ4v) is 2.39. The van der Waals surface area contributed by atoms with Crippen LogP contribution in [0.15, 0.2) is 0 Å².